The summed E-state index contributed by atoms with van der Waals surface area (Å²) in [6.07, 6.45) is 1.61. The molecule has 3 heteroatoms. The lowest BCUT2D eigenvalue weighted by molar-refractivity contribution is 1.16. The molecule has 0 saturated carbocycles. The highest BCUT2D eigenvalue weighted by atomic mass is 79.9. The lowest BCUT2D eigenvalue weighted by Crippen LogP contribution is -2.08. The summed E-state index contributed by atoms with van der Waals surface area (Å²) in [7, 11) is 0. The van der Waals surface area contributed by atoms with E-state index in [2.05, 4.69) is 23.1 Å². The van der Waals surface area contributed by atoms with Crippen LogP contribution in [-0.4, -0.2) is 3.59 Å². The van der Waals surface area contributed by atoms with Gasteiger partial charge in [-0.2, -0.15) is 0 Å². The smallest absolute Gasteiger partial charge is 0.260 e. The van der Waals surface area contributed by atoms with E-state index in [0.29, 0.717) is 0 Å². The maximum Gasteiger partial charge on any atom is 0.260 e. The SMILES string of the molecule is [CH2]c1ccc(=O)n(Br)c1. The average molecular weight is 187 g/mol. The van der Waals surface area contributed by atoms with Crippen molar-refractivity contribution in [3.8, 4) is 0 Å². The second-order valence-corrected chi connectivity index (χ2v) is 2.45. The van der Waals surface area contributed by atoms with Crippen molar-refractivity contribution < 1.29 is 0 Å². The maximum atomic E-state index is 10.7. The Morgan fingerprint density at radius 1 is 1.56 bits per heavy atom. The molecule has 0 aromatic carbocycles. The van der Waals surface area contributed by atoms with Crippen LogP contribution < -0.4 is 5.56 Å². The minimum Gasteiger partial charge on any atom is -0.268 e. The third-order valence-electron chi connectivity index (χ3n) is 0.930. The van der Waals surface area contributed by atoms with Crippen molar-refractivity contribution in [3.63, 3.8) is 0 Å². The second-order valence-electron chi connectivity index (χ2n) is 1.69. The molecule has 0 aliphatic heterocycles. The van der Waals surface area contributed by atoms with Gasteiger partial charge in [0.15, 0.2) is 0 Å². The molecule has 47 valence electrons. The minimum atomic E-state index is -0.0811. The number of hydrogen-bond acceptors (Lipinski definition) is 1. The van der Waals surface area contributed by atoms with Crippen LogP contribution in [-0.2, 0) is 0 Å². The highest BCUT2D eigenvalue weighted by molar-refractivity contribution is 9.08. The standard InChI is InChI=1S/C6H5BrNO/c1-5-2-3-6(9)8(7)4-5/h2-4H,1H2. The van der Waals surface area contributed by atoms with E-state index in [4.69, 9.17) is 0 Å². The van der Waals surface area contributed by atoms with Gasteiger partial charge < -0.3 is 0 Å². The first-order chi connectivity index (χ1) is 4.20. The zero-order chi connectivity index (χ0) is 6.85. The molecule has 0 unspecified atom stereocenters. The molecule has 0 aliphatic carbocycles. The quantitative estimate of drug-likeness (QED) is 0.597. The molecular weight excluding hydrogens is 182 g/mol. The van der Waals surface area contributed by atoms with Crippen molar-refractivity contribution in [2.75, 3.05) is 0 Å². The molecule has 0 fully saturated rings. The van der Waals surface area contributed by atoms with Crippen molar-refractivity contribution in [2.45, 2.75) is 0 Å². The predicted octanol–water partition coefficient (Wildman–Crippen LogP) is 1.19. The van der Waals surface area contributed by atoms with Crippen LogP contribution in [0.1, 0.15) is 5.56 Å². The summed E-state index contributed by atoms with van der Waals surface area (Å²) in [5.41, 5.74) is 0.730. The van der Waals surface area contributed by atoms with Crippen molar-refractivity contribution in [1.82, 2.24) is 3.59 Å². The summed E-state index contributed by atoms with van der Waals surface area (Å²) in [6.45, 7) is 3.63. The summed E-state index contributed by atoms with van der Waals surface area (Å²) < 4.78 is 1.31. The van der Waals surface area contributed by atoms with Gasteiger partial charge >= 0.3 is 0 Å². The molecule has 1 rings (SSSR count). The van der Waals surface area contributed by atoms with Gasteiger partial charge in [0.2, 0.25) is 0 Å². The molecule has 0 N–H and O–H groups in total. The Labute approximate surface area is 61.5 Å². The van der Waals surface area contributed by atoms with E-state index in [-0.39, 0.29) is 5.56 Å². The molecule has 0 bridgehead atoms. The van der Waals surface area contributed by atoms with Gasteiger partial charge in [-0.1, -0.05) is 6.07 Å². The molecule has 0 atom stereocenters. The zero-order valence-corrected chi connectivity index (χ0v) is 6.26. The van der Waals surface area contributed by atoms with Gasteiger partial charge in [0, 0.05) is 12.3 Å². The van der Waals surface area contributed by atoms with Gasteiger partial charge in [0.05, 0.1) is 16.1 Å². The Bertz CT molecular complexity index is 266. The first kappa shape index (κ1) is 6.55. The summed E-state index contributed by atoms with van der Waals surface area (Å²) in [4.78, 5) is 10.7. The van der Waals surface area contributed by atoms with Gasteiger partial charge in [-0.25, -0.2) is 3.59 Å². The number of aromatic nitrogens is 1. The third-order valence-corrected chi connectivity index (χ3v) is 1.48. The molecule has 9 heavy (non-hydrogen) atoms. The van der Waals surface area contributed by atoms with Crippen molar-refractivity contribution in [3.05, 3.63) is 41.2 Å². The van der Waals surface area contributed by atoms with Crippen LogP contribution in [0.4, 0.5) is 0 Å². The first-order valence-corrected chi connectivity index (χ1v) is 3.12. The van der Waals surface area contributed by atoms with Crippen molar-refractivity contribution >= 4 is 16.1 Å². The molecule has 1 aromatic heterocycles. The van der Waals surface area contributed by atoms with Gasteiger partial charge in [0.25, 0.3) is 5.56 Å². The van der Waals surface area contributed by atoms with Crippen LogP contribution in [0.2, 0.25) is 0 Å². The monoisotopic (exact) mass is 186 g/mol. The fourth-order valence-corrected chi connectivity index (χ4v) is 0.883. The largest absolute Gasteiger partial charge is 0.268 e. The van der Waals surface area contributed by atoms with Gasteiger partial charge in [-0.05, 0) is 12.5 Å². The van der Waals surface area contributed by atoms with E-state index in [1.165, 1.54) is 9.66 Å². The van der Waals surface area contributed by atoms with Crippen molar-refractivity contribution in [2.24, 2.45) is 0 Å². The highest BCUT2D eigenvalue weighted by Gasteiger charge is 1.88. The number of halogens is 1. The van der Waals surface area contributed by atoms with E-state index in [9.17, 15) is 4.79 Å². The van der Waals surface area contributed by atoms with Gasteiger partial charge in [0.1, 0.15) is 0 Å². The predicted molar refractivity (Wildman–Crippen MR) is 39.5 cm³/mol. The molecule has 1 radical (unpaired) electrons. The summed E-state index contributed by atoms with van der Waals surface area (Å²) in [5, 5.41) is 0. The number of nitrogens with zero attached hydrogens (tertiary/aromatic N) is 1. The van der Waals surface area contributed by atoms with Crippen LogP contribution in [0.5, 0.6) is 0 Å². The van der Waals surface area contributed by atoms with E-state index < -0.39 is 0 Å². The normalized spacial score (nSPS) is 9.56. The Morgan fingerprint density at radius 3 is 2.67 bits per heavy atom. The molecular formula is C6H5BrNO. The molecule has 1 heterocycles. The van der Waals surface area contributed by atoms with Gasteiger partial charge in [-0.15, -0.1) is 0 Å². The molecule has 0 spiro atoms. The van der Waals surface area contributed by atoms with Gasteiger partial charge in [-0.3, -0.25) is 4.79 Å². The molecule has 1 aromatic rings. The van der Waals surface area contributed by atoms with Crippen LogP contribution >= 0.6 is 16.1 Å². The topological polar surface area (TPSA) is 22.0 Å². The third kappa shape index (κ3) is 1.42. The lowest BCUT2D eigenvalue weighted by atomic mass is 10.3. The lowest BCUT2D eigenvalue weighted by Gasteiger charge is -1.92. The van der Waals surface area contributed by atoms with E-state index in [1.807, 2.05) is 0 Å². The number of rotatable bonds is 0. The summed E-state index contributed by atoms with van der Waals surface area (Å²) in [5.74, 6) is 0. The Morgan fingerprint density at radius 2 is 2.22 bits per heavy atom. The fraction of sp³-hybridized carbons (Fsp3) is 0. The number of pyridine rings is 1. The van der Waals surface area contributed by atoms with Crippen LogP contribution in [0, 0.1) is 6.92 Å². The van der Waals surface area contributed by atoms with Crippen molar-refractivity contribution in [1.29, 1.82) is 0 Å². The van der Waals surface area contributed by atoms with E-state index in [0.717, 1.165) is 5.56 Å². The molecule has 0 aliphatic rings. The van der Waals surface area contributed by atoms with E-state index in [1.54, 1.807) is 12.3 Å². The van der Waals surface area contributed by atoms with E-state index >= 15 is 0 Å². The van der Waals surface area contributed by atoms with Crippen LogP contribution in [0.3, 0.4) is 0 Å². The summed E-state index contributed by atoms with van der Waals surface area (Å²) in [6, 6.07) is 3.12. The van der Waals surface area contributed by atoms with Crippen LogP contribution in [0.15, 0.2) is 23.1 Å². The Balaban J connectivity index is 3.34. The average Bonchev–Trinajstić information content (AvgIpc) is 1.80. The Kier molecular flexibility index (Phi) is 1.71. The second kappa shape index (κ2) is 2.35. The molecule has 0 amide bonds. The highest BCUT2D eigenvalue weighted by Crippen LogP contribution is 1.93. The fourth-order valence-electron chi connectivity index (χ4n) is 0.502. The minimum absolute atomic E-state index is 0.0811. The molecule has 2 nitrogen and oxygen atoms in total. The van der Waals surface area contributed by atoms with Crippen LogP contribution in [0.25, 0.3) is 0 Å². The molecule has 0 saturated heterocycles. The summed E-state index contributed by atoms with van der Waals surface area (Å²) >= 11 is 3.01. The Hall–Kier alpha value is -0.570. The first-order valence-electron chi connectivity index (χ1n) is 2.41. The zero-order valence-electron chi connectivity index (χ0n) is 4.67. The maximum absolute atomic E-state index is 10.7. The number of hydrogen-bond donors (Lipinski definition) is 0.